The largest absolute Gasteiger partial charge is 0.308 e. The molecule has 1 nitrogen and oxygen atoms in total. The summed E-state index contributed by atoms with van der Waals surface area (Å²) in [6, 6.07) is 0. The molecule has 0 aromatic rings. The fourth-order valence-corrected chi connectivity index (χ4v) is 0.670. The molecule has 0 amide bonds. The molecule has 1 N–H and O–H groups in total. The van der Waals surface area contributed by atoms with Crippen molar-refractivity contribution in [3.63, 3.8) is 0 Å². The monoisotopic (exact) mass is 151 g/mol. The van der Waals surface area contributed by atoms with Gasteiger partial charge in [0.15, 0.2) is 0 Å². The summed E-state index contributed by atoms with van der Waals surface area (Å²) in [5.41, 5.74) is 2.34. The summed E-state index contributed by atoms with van der Waals surface area (Å²) in [7, 11) is 0. The van der Waals surface area contributed by atoms with E-state index >= 15 is 0 Å². The summed E-state index contributed by atoms with van der Waals surface area (Å²) >= 11 is 0. The second-order valence-electron chi connectivity index (χ2n) is 3.21. The van der Waals surface area contributed by atoms with Crippen molar-refractivity contribution in [2.75, 3.05) is 0 Å². The van der Waals surface area contributed by atoms with Crippen LogP contribution in [0.15, 0.2) is 23.3 Å². The van der Waals surface area contributed by atoms with E-state index in [2.05, 4.69) is 27.7 Å². The van der Waals surface area contributed by atoms with Crippen LogP contribution in [0.3, 0.4) is 0 Å². The van der Waals surface area contributed by atoms with Crippen LogP contribution in [-0.4, -0.2) is 6.21 Å². The molecule has 0 aliphatic carbocycles. The fraction of sp³-hybridized carbons (Fsp3) is 0.500. The van der Waals surface area contributed by atoms with Crippen LogP contribution in [0.25, 0.3) is 0 Å². The van der Waals surface area contributed by atoms with Gasteiger partial charge in [0.25, 0.3) is 0 Å². The molecule has 0 aliphatic heterocycles. The average Bonchev–Trinajstić information content (AvgIpc) is 1.87. The van der Waals surface area contributed by atoms with E-state index < -0.39 is 0 Å². The van der Waals surface area contributed by atoms with E-state index in [0.717, 1.165) is 5.57 Å². The van der Waals surface area contributed by atoms with Gasteiger partial charge in [-0.15, -0.1) is 0 Å². The Morgan fingerprint density at radius 3 is 2.00 bits per heavy atom. The van der Waals surface area contributed by atoms with Crippen LogP contribution in [0, 0.1) is 11.3 Å². The Morgan fingerprint density at radius 2 is 1.73 bits per heavy atom. The molecule has 0 unspecified atom stereocenters. The highest BCUT2D eigenvalue weighted by Gasteiger charge is 1.96. The lowest BCUT2D eigenvalue weighted by Crippen LogP contribution is -1.93. The van der Waals surface area contributed by atoms with Gasteiger partial charge in [-0.2, -0.15) is 0 Å². The first-order valence-electron chi connectivity index (χ1n) is 3.93. The van der Waals surface area contributed by atoms with Gasteiger partial charge in [0.2, 0.25) is 0 Å². The Kier molecular flexibility index (Phi) is 4.51. The normalized spacial score (nSPS) is 11.5. The van der Waals surface area contributed by atoms with Gasteiger partial charge in [-0.05, 0) is 25.3 Å². The molecule has 0 radical (unpaired) electrons. The highest BCUT2D eigenvalue weighted by atomic mass is 14.3. The van der Waals surface area contributed by atoms with Crippen molar-refractivity contribution in [1.82, 2.24) is 0 Å². The van der Waals surface area contributed by atoms with E-state index in [1.807, 2.05) is 12.2 Å². The van der Waals surface area contributed by atoms with Gasteiger partial charge < -0.3 is 5.41 Å². The zero-order valence-corrected chi connectivity index (χ0v) is 7.81. The minimum Gasteiger partial charge on any atom is -0.308 e. The lowest BCUT2D eigenvalue weighted by molar-refractivity contribution is 0.806. The molecule has 0 saturated carbocycles. The molecule has 0 spiro atoms. The van der Waals surface area contributed by atoms with E-state index in [1.54, 1.807) is 0 Å². The minimum atomic E-state index is 0.447. The van der Waals surface area contributed by atoms with Gasteiger partial charge in [0.1, 0.15) is 0 Å². The fourth-order valence-electron chi connectivity index (χ4n) is 0.670. The molecule has 1 heteroatoms. The first kappa shape index (κ1) is 10.2. The molecule has 0 aliphatic rings. The summed E-state index contributed by atoms with van der Waals surface area (Å²) in [6.07, 6.45) is 5.47. The van der Waals surface area contributed by atoms with Gasteiger partial charge in [-0.1, -0.05) is 31.6 Å². The molecule has 0 rings (SSSR count). The summed E-state index contributed by atoms with van der Waals surface area (Å²) < 4.78 is 0. The molecule has 11 heavy (non-hydrogen) atoms. The van der Waals surface area contributed by atoms with Crippen molar-refractivity contribution in [2.45, 2.75) is 27.7 Å². The molecule has 0 bridgehead atoms. The van der Waals surface area contributed by atoms with E-state index in [1.165, 1.54) is 11.8 Å². The van der Waals surface area contributed by atoms with Crippen LogP contribution in [-0.2, 0) is 0 Å². The lowest BCUT2D eigenvalue weighted by Gasteiger charge is -2.02. The molecule has 0 aromatic carbocycles. The first-order chi connectivity index (χ1) is 5.07. The first-order valence-corrected chi connectivity index (χ1v) is 3.93. The third kappa shape index (κ3) is 4.54. The molecule has 0 saturated heterocycles. The van der Waals surface area contributed by atoms with Crippen LogP contribution in [0.2, 0.25) is 0 Å². The van der Waals surface area contributed by atoms with Gasteiger partial charge in [0, 0.05) is 6.21 Å². The highest BCUT2D eigenvalue weighted by molar-refractivity contribution is 5.76. The Bertz CT molecular complexity index is 181. The van der Waals surface area contributed by atoms with Crippen LogP contribution in [0.4, 0.5) is 0 Å². The van der Waals surface area contributed by atoms with Crippen molar-refractivity contribution >= 4 is 6.21 Å². The van der Waals surface area contributed by atoms with Crippen molar-refractivity contribution < 1.29 is 0 Å². The quantitative estimate of drug-likeness (QED) is 0.473. The van der Waals surface area contributed by atoms with Crippen LogP contribution >= 0.6 is 0 Å². The van der Waals surface area contributed by atoms with Crippen LogP contribution in [0.1, 0.15) is 27.7 Å². The predicted octanol–water partition coefficient (Wildman–Crippen LogP) is 3.18. The SMILES string of the molecule is CC(C)=C/C=C(\C=N)C(C)C. The topological polar surface area (TPSA) is 23.9 Å². The molecular formula is C10H17N. The summed E-state index contributed by atoms with van der Waals surface area (Å²) in [6.45, 7) is 8.29. The van der Waals surface area contributed by atoms with E-state index in [9.17, 15) is 0 Å². The number of rotatable bonds is 3. The zero-order chi connectivity index (χ0) is 8.85. The molecule has 0 atom stereocenters. The standard InChI is InChI=1S/C10H17N/c1-8(2)5-6-10(7-11)9(3)4/h5-7,9,11H,1-4H3/b10-6+,11-7?. The number of hydrogen-bond acceptors (Lipinski definition) is 1. The van der Waals surface area contributed by atoms with Gasteiger partial charge >= 0.3 is 0 Å². The minimum absolute atomic E-state index is 0.447. The van der Waals surface area contributed by atoms with Crippen molar-refractivity contribution in [3.8, 4) is 0 Å². The Morgan fingerprint density at radius 1 is 1.18 bits per heavy atom. The van der Waals surface area contributed by atoms with E-state index in [4.69, 9.17) is 5.41 Å². The van der Waals surface area contributed by atoms with E-state index in [-0.39, 0.29) is 0 Å². The smallest absolute Gasteiger partial charge is 0.0212 e. The number of nitrogens with one attached hydrogen (secondary N) is 1. The van der Waals surface area contributed by atoms with Crippen molar-refractivity contribution in [2.24, 2.45) is 5.92 Å². The maximum atomic E-state index is 7.11. The predicted molar refractivity (Wildman–Crippen MR) is 51.1 cm³/mol. The Hall–Kier alpha value is -0.850. The molecular weight excluding hydrogens is 134 g/mol. The highest BCUT2D eigenvalue weighted by Crippen LogP contribution is 2.06. The molecule has 62 valence electrons. The Labute approximate surface area is 69.3 Å². The van der Waals surface area contributed by atoms with E-state index in [0.29, 0.717) is 5.92 Å². The average molecular weight is 151 g/mol. The van der Waals surface area contributed by atoms with Crippen LogP contribution in [0.5, 0.6) is 0 Å². The second kappa shape index (κ2) is 4.89. The lowest BCUT2D eigenvalue weighted by atomic mass is 10.0. The third-order valence-electron chi connectivity index (χ3n) is 1.44. The van der Waals surface area contributed by atoms with Gasteiger partial charge in [-0.25, -0.2) is 0 Å². The summed E-state index contributed by atoms with van der Waals surface area (Å²) in [5, 5.41) is 7.11. The van der Waals surface area contributed by atoms with Gasteiger partial charge in [0.05, 0.1) is 0 Å². The molecule has 0 fully saturated rings. The molecule has 0 heterocycles. The maximum absolute atomic E-state index is 7.11. The van der Waals surface area contributed by atoms with Gasteiger partial charge in [-0.3, -0.25) is 0 Å². The number of hydrogen-bond donors (Lipinski definition) is 1. The third-order valence-corrected chi connectivity index (χ3v) is 1.44. The maximum Gasteiger partial charge on any atom is 0.0212 e. The number of allylic oxidation sites excluding steroid dienone is 4. The van der Waals surface area contributed by atoms with Crippen molar-refractivity contribution in [1.29, 1.82) is 5.41 Å². The molecule has 0 aromatic heterocycles. The second-order valence-corrected chi connectivity index (χ2v) is 3.21. The Balaban J connectivity index is 4.36. The van der Waals surface area contributed by atoms with Crippen molar-refractivity contribution in [3.05, 3.63) is 23.3 Å². The summed E-state index contributed by atoms with van der Waals surface area (Å²) in [5.74, 6) is 0.447. The summed E-state index contributed by atoms with van der Waals surface area (Å²) in [4.78, 5) is 0. The zero-order valence-electron chi connectivity index (χ0n) is 7.81. The van der Waals surface area contributed by atoms with Crippen LogP contribution < -0.4 is 0 Å².